The maximum absolute atomic E-state index is 13.0. The van der Waals surface area contributed by atoms with Crippen molar-refractivity contribution in [3.05, 3.63) is 93.7 Å². The average molecular weight is 417 g/mol. The molecule has 7 heteroatoms. The molecule has 0 spiro atoms. The van der Waals surface area contributed by atoms with Gasteiger partial charge in [0.1, 0.15) is 5.82 Å². The van der Waals surface area contributed by atoms with Crippen molar-refractivity contribution < 1.29 is 14.0 Å². The number of carbonyl (C=O) groups is 2. The van der Waals surface area contributed by atoms with Crippen molar-refractivity contribution in [3.63, 3.8) is 0 Å². The standard InChI is InChI=1S/C21H15Cl2FN2O2/c22-15-2-1-3-17(12-15)25-21(28)14-6-9-18(23)19(11-14)26-20(27)10-13-4-7-16(24)8-5-13/h1-9,11-12H,10H2,(H,25,28)(H,26,27). The van der Waals surface area contributed by atoms with Crippen LogP contribution in [0.1, 0.15) is 15.9 Å². The predicted octanol–water partition coefficient (Wildman–Crippen LogP) is 5.57. The number of anilines is 2. The second-order valence-corrected chi connectivity index (χ2v) is 6.85. The Morgan fingerprint density at radius 3 is 2.36 bits per heavy atom. The molecule has 142 valence electrons. The van der Waals surface area contributed by atoms with Gasteiger partial charge in [-0.05, 0) is 54.1 Å². The summed E-state index contributed by atoms with van der Waals surface area (Å²) in [6.07, 6.45) is 0.0511. The van der Waals surface area contributed by atoms with Crippen LogP contribution in [0.2, 0.25) is 10.0 Å². The lowest BCUT2D eigenvalue weighted by Crippen LogP contribution is -2.16. The third-order valence-electron chi connectivity index (χ3n) is 3.86. The van der Waals surface area contributed by atoms with E-state index < -0.39 is 0 Å². The number of halogens is 3. The fourth-order valence-corrected chi connectivity index (χ4v) is 2.87. The molecule has 0 fully saturated rings. The summed E-state index contributed by atoms with van der Waals surface area (Å²) in [5.74, 6) is -1.07. The maximum atomic E-state index is 13.0. The first-order chi connectivity index (χ1) is 13.4. The largest absolute Gasteiger partial charge is 0.324 e. The molecule has 3 rings (SSSR count). The van der Waals surface area contributed by atoms with Crippen LogP contribution in [0, 0.1) is 5.82 Å². The van der Waals surface area contributed by atoms with E-state index in [1.807, 2.05) is 0 Å². The number of amides is 2. The van der Waals surface area contributed by atoms with Gasteiger partial charge in [0, 0.05) is 16.3 Å². The highest BCUT2D eigenvalue weighted by Gasteiger charge is 2.12. The van der Waals surface area contributed by atoms with E-state index in [9.17, 15) is 14.0 Å². The fraction of sp³-hybridized carbons (Fsp3) is 0.0476. The molecule has 0 aliphatic heterocycles. The van der Waals surface area contributed by atoms with Crippen LogP contribution in [0.25, 0.3) is 0 Å². The fourth-order valence-electron chi connectivity index (χ4n) is 2.51. The highest BCUT2D eigenvalue weighted by Crippen LogP contribution is 2.24. The molecule has 0 aromatic heterocycles. The van der Waals surface area contributed by atoms with Gasteiger partial charge in [0.2, 0.25) is 5.91 Å². The van der Waals surface area contributed by atoms with E-state index in [0.717, 1.165) is 0 Å². The molecule has 4 nitrogen and oxygen atoms in total. The summed E-state index contributed by atoms with van der Waals surface area (Å²) in [5, 5.41) is 6.21. The van der Waals surface area contributed by atoms with E-state index >= 15 is 0 Å². The molecule has 0 saturated carbocycles. The molecule has 0 aliphatic rings. The third kappa shape index (κ3) is 5.31. The van der Waals surface area contributed by atoms with Gasteiger partial charge in [0.15, 0.2) is 0 Å². The quantitative estimate of drug-likeness (QED) is 0.571. The minimum atomic E-state index is -0.370. The average Bonchev–Trinajstić information content (AvgIpc) is 2.65. The Kier molecular flexibility index (Phi) is 6.29. The Labute approximate surface area is 171 Å². The molecule has 0 atom stereocenters. The smallest absolute Gasteiger partial charge is 0.255 e. The van der Waals surface area contributed by atoms with Gasteiger partial charge in [-0.1, -0.05) is 41.4 Å². The van der Waals surface area contributed by atoms with Gasteiger partial charge in [-0.3, -0.25) is 9.59 Å². The lowest BCUT2D eigenvalue weighted by atomic mass is 10.1. The second-order valence-electron chi connectivity index (χ2n) is 6.01. The number of nitrogens with one attached hydrogen (secondary N) is 2. The van der Waals surface area contributed by atoms with Gasteiger partial charge in [-0.15, -0.1) is 0 Å². The summed E-state index contributed by atoms with van der Waals surface area (Å²) < 4.78 is 13.0. The van der Waals surface area contributed by atoms with Crippen molar-refractivity contribution in [1.82, 2.24) is 0 Å². The van der Waals surface area contributed by atoms with Gasteiger partial charge >= 0.3 is 0 Å². The summed E-state index contributed by atoms with van der Waals surface area (Å²) in [4.78, 5) is 24.7. The van der Waals surface area contributed by atoms with E-state index in [2.05, 4.69) is 10.6 Å². The molecule has 0 saturated heterocycles. The predicted molar refractivity (Wildman–Crippen MR) is 110 cm³/mol. The Morgan fingerprint density at radius 1 is 0.893 bits per heavy atom. The number of hydrogen-bond donors (Lipinski definition) is 2. The van der Waals surface area contributed by atoms with Gasteiger partial charge in [-0.25, -0.2) is 4.39 Å². The summed E-state index contributed by atoms with van der Waals surface area (Å²) in [6, 6.07) is 17.0. The monoisotopic (exact) mass is 416 g/mol. The first-order valence-electron chi connectivity index (χ1n) is 8.31. The Balaban J connectivity index is 1.70. The van der Waals surface area contributed by atoms with Crippen molar-refractivity contribution in [1.29, 1.82) is 0 Å². The Morgan fingerprint density at radius 2 is 1.64 bits per heavy atom. The van der Waals surface area contributed by atoms with Crippen LogP contribution in [0.4, 0.5) is 15.8 Å². The highest BCUT2D eigenvalue weighted by molar-refractivity contribution is 6.34. The molecule has 0 aliphatic carbocycles. The SMILES string of the molecule is O=C(Cc1ccc(F)cc1)Nc1cc(C(=O)Nc2cccc(Cl)c2)ccc1Cl. The van der Waals surface area contributed by atoms with Crippen LogP contribution in [0.5, 0.6) is 0 Å². The molecule has 0 unspecified atom stereocenters. The van der Waals surface area contributed by atoms with Crippen molar-refractivity contribution in [2.75, 3.05) is 10.6 Å². The van der Waals surface area contributed by atoms with Crippen LogP contribution in [-0.4, -0.2) is 11.8 Å². The summed E-state index contributed by atoms with van der Waals surface area (Å²) in [6.45, 7) is 0. The van der Waals surface area contributed by atoms with Gasteiger partial charge in [0.25, 0.3) is 5.91 Å². The molecule has 2 N–H and O–H groups in total. The third-order valence-corrected chi connectivity index (χ3v) is 4.43. The summed E-state index contributed by atoms with van der Waals surface area (Å²) >= 11 is 12.1. The minimum Gasteiger partial charge on any atom is -0.324 e. The van der Waals surface area contributed by atoms with Crippen molar-refractivity contribution in [2.45, 2.75) is 6.42 Å². The molecule has 3 aromatic carbocycles. The summed E-state index contributed by atoms with van der Waals surface area (Å²) in [5.41, 5.74) is 1.84. The van der Waals surface area contributed by atoms with Crippen LogP contribution in [0.3, 0.4) is 0 Å². The Bertz CT molecular complexity index is 1020. The van der Waals surface area contributed by atoms with Crippen molar-refractivity contribution >= 4 is 46.4 Å². The second kappa shape index (κ2) is 8.87. The number of hydrogen-bond acceptors (Lipinski definition) is 2. The van der Waals surface area contributed by atoms with E-state index in [0.29, 0.717) is 32.5 Å². The lowest BCUT2D eigenvalue weighted by molar-refractivity contribution is -0.115. The molecule has 0 radical (unpaired) electrons. The summed E-state index contributed by atoms with van der Waals surface area (Å²) in [7, 11) is 0. The molecule has 0 bridgehead atoms. The van der Waals surface area contributed by atoms with E-state index in [1.165, 1.54) is 36.4 Å². The van der Waals surface area contributed by atoms with Gasteiger partial charge in [0.05, 0.1) is 17.1 Å². The van der Waals surface area contributed by atoms with Crippen LogP contribution < -0.4 is 10.6 Å². The number of carbonyl (C=O) groups excluding carboxylic acids is 2. The van der Waals surface area contributed by atoms with Crippen LogP contribution >= 0.6 is 23.2 Å². The normalized spacial score (nSPS) is 10.4. The first kappa shape index (κ1) is 19.9. The van der Waals surface area contributed by atoms with Crippen molar-refractivity contribution in [3.8, 4) is 0 Å². The zero-order valence-electron chi connectivity index (χ0n) is 14.5. The van der Waals surface area contributed by atoms with Gasteiger partial charge in [-0.2, -0.15) is 0 Å². The minimum absolute atomic E-state index is 0.0511. The van der Waals surface area contributed by atoms with E-state index in [-0.39, 0.29) is 24.1 Å². The highest BCUT2D eigenvalue weighted by atomic mass is 35.5. The lowest BCUT2D eigenvalue weighted by Gasteiger charge is -2.10. The molecule has 3 aromatic rings. The zero-order chi connectivity index (χ0) is 20.1. The number of benzene rings is 3. The molecular weight excluding hydrogens is 402 g/mol. The van der Waals surface area contributed by atoms with E-state index in [1.54, 1.807) is 30.3 Å². The van der Waals surface area contributed by atoms with Crippen LogP contribution in [0.15, 0.2) is 66.7 Å². The van der Waals surface area contributed by atoms with Crippen molar-refractivity contribution in [2.24, 2.45) is 0 Å². The Hall–Kier alpha value is -2.89. The zero-order valence-corrected chi connectivity index (χ0v) is 16.0. The van der Waals surface area contributed by atoms with Crippen LogP contribution in [-0.2, 0) is 11.2 Å². The molecular formula is C21H15Cl2FN2O2. The maximum Gasteiger partial charge on any atom is 0.255 e. The van der Waals surface area contributed by atoms with E-state index in [4.69, 9.17) is 23.2 Å². The number of rotatable bonds is 5. The molecule has 2 amide bonds. The molecule has 0 heterocycles. The van der Waals surface area contributed by atoms with Gasteiger partial charge < -0.3 is 10.6 Å². The first-order valence-corrected chi connectivity index (χ1v) is 9.07. The topological polar surface area (TPSA) is 58.2 Å². The molecule has 28 heavy (non-hydrogen) atoms.